The molecule has 0 heterocycles. The molecule has 0 aliphatic heterocycles. The Balaban J connectivity index is 1.98. The number of ether oxygens (including phenoxy) is 1. The predicted molar refractivity (Wildman–Crippen MR) is 100.0 cm³/mol. The number of amides is 1. The van der Waals surface area contributed by atoms with Crippen molar-refractivity contribution >= 4 is 17.3 Å². The van der Waals surface area contributed by atoms with Gasteiger partial charge in [0.2, 0.25) is 5.91 Å². The second kappa shape index (κ2) is 8.74. The van der Waals surface area contributed by atoms with E-state index in [0.717, 1.165) is 5.69 Å². The number of benzene rings is 2. The molecule has 0 fully saturated rings. The molecular formula is C20H23N3O2. The van der Waals surface area contributed by atoms with Gasteiger partial charge in [0.05, 0.1) is 30.5 Å². The fraction of sp³-hybridized carbons (Fsp3) is 0.300. The summed E-state index contributed by atoms with van der Waals surface area (Å²) in [5.41, 5.74) is 3.12. The average Bonchev–Trinajstić information content (AvgIpc) is 2.61. The van der Waals surface area contributed by atoms with E-state index >= 15 is 0 Å². The number of nitrogens with one attached hydrogen (secondary N) is 2. The molecule has 2 aromatic carbocycles. The highest BCUT2D eigenvalue weighted by molar-refractivity contribution is 5.94. The van der Waals surface area contributed by atoms with Gasteiger partial charge in [-0.15, -0.1) is 0 Å². The second-order valence-corrected chi connectivity index (χ2v) is 5.93. The van der Waals surface area contributed by atoms with Gasteiger partial charge in [0, 0.05) is 5.69 Å². The Kier molecular flexibility index (Phi) is 6.41. The first-order valence-corrected chi connectivity index (χ1v) is 8.34. The summed E-state index contributed by atoms with van der Waals surface area (Å²) in [7, 11) is 0. The van der Waals surface area contributed by atoms with Gasteiger partial charge in [-0.1, -0.05) is 26.0 Å². The Morgan fingerprint density at radius 3 is 2.52 bits per heavy atom. The molecule has 2 N–H and O–H groups in total. The summed E-state index contributed by atoms with van der Waals surface area (Å²) < 4.78 is 5.52. The minimum Gasteiger partial charge on any atom is -0.492 e. The monoisotopic (exact) mass is 337 g/mol. The van der Waals surface area contributed by atoms with Crippen molar-refractivity contribution in [3.05, 3.63) is 53.6 Å². The van der Waals surface area contributed by atoms with Gasteiger partial charge in [-0.25, -0.2) is 0 Å². The van der Waals surface area contributed by atoms with Crippen molar-refractivity contribution in [1.82, 2.24) is 0 Å². The molecule has 25 heavy (non-hydrogen) atoms. The van der Waals surface area contributed by atoms with E-state index in [1.807, 2.05) is 31.2 Å². The lowest BCUT2D eigenvalue weighted by atomic mass is 10.0. The molecule has 0 aromatic heterocycles. The zero-order valence-electron chi connectivity index (χ0n) is 14.8. The Hall–Kier alpha value is -3.00. The summed E-state index contributed by atoms with van der Waals surface area (Å²) >= 11 is 0. The van der Waals surface area contributed by atoms with Crippen LogP contribution in [0.2, 0.25) is 0 Å². The van der Waals surface area contributed by atoms with E-state index in [2.05, 4.69) is 30.6 Å². The summed E-state index contributed by atoms with van der Waals surface area (Å²) in [6.07, 6.45) is 0. The molecule has 5 heteroatoms. The maximum atomic E-state index is 12.1. The Morgan fingerprint density at radius 2 is 1.92 bits per heavy atom. The molecule has 130 valence electrons. The minimum atomic E-state index is -0.165. The lowest BCUT2D eigenvalue weighted by Crippen LogP contribution is -2.22. The second-order valence-electron chi connectivity index (χ2n) is 5.93. The molecule has 0 atom stereocenters. The fourth-order valence-corrected chi connectivity index (χ4v) is 2.35. The van der Waals surface area contributed by atoms with Crippen LogP contribution in [0.3, 0.4) is 0 Å². The number of hydrogen-bond donors (Lipinski definition) is 2. The summed E-state index contributed by atoms with van der Waals surface area (Å²) in [5.74, 6) is 0.911. The van der Waals surface area contributed by atoms with Crippen LogP contribution in [0.1, 0.15) is 37.8 Å². The van der Waals surface area contributed by atoms with Crippen molar-refractivity contribution in [3.63, 3.8) is 0 Å². The van der Waals surface area contributed by atoms with E-state index in [-0.39, 0.29) is 12.5 Å². The molecule has 0 saturated carbocycles. The molecule has 0 spiro atoms. The number of nitrogens with zero attached hydrogens (tertiary/aromatic N) is 1. The third-order valence-corrected chi connectivity index (χ3v) is 3.71. The standard InChI is InChI=1S/C20H23N3O2/c1-4-25-19-10-5-15(12-21)11-18(19)22-13-20(24)23-17-8-6-16(7-9-17)14(2)3/h5-11,14,22H,4,13H2,1-3H3,(H,23,24). The molecule has 0 bridgehead atoms. The van der Waals surface area contributed by atoms with Crippen LogP contribution in [0.4, 0.5) is 11.4 Å². The molecule has 0 unspecified atom stereocenters. The van der Waals surface area contributed by atoms with Crippen LogP contribution in [0.15, 0.2) is 42.5 Å². The van der Waals surface area contributed by atoms with Crippen LogP contribution in [-0.4, -0.2) is 19.1 Å². The van der Waals surface area contributed by atoms with E-state index in [0.29, 0.717) is 29.5 Å². The van der Waals surface area contributed by atoms with Gasteiger partial charge in [0.1, 0.15) is 5.75 Å². The average molecular weight is 337 g/mol. The summed E-state index contributed by atoms with van der Waals surface area (Å²) in [5, 5.41) is 14.9. The largest absolute Gasteiger partial charge is 0.492 e. The number of anilines is 2. The van der Waals surface area contributed by atoms with Crippen LogP contribution in [0.5, 0.6) is 5.75 Å². The van der Waals surface area contributed by atoms with Crippen molar-refractivity contribution in [2.75, 3.05) is 23.8 Å². The SMILES string of the molecule is CCOc1ccc(C#N)cc1NCC(=O)Nc1ccc(C(C)C)cc1. The van der Waals surface area contributed by atoms with E-state index in [1.165, 1.54) is 5.56 Å². The highest BCUT2D eigenvalue weighted by Gasteiger charge is 2.08. The van der Waals surface area contributed by atoms with E-state index in [9.17, 15) is 4.79 Å². The number of nitriles is 1. The van der Waals surface area contributed by atoms with Gasteiger partial charge >= 0.3 is 0 Å². The molecule has 0 radical (unpaired) electrons. The van der Waals surface area contributed by atoms with Crippen LogP contribution < -0.4 is 15.4 Å². The first-order valence-electron chi connectivity index (χ1n) is 8.34. The van der Waals surface area contributed by atoms with Crippen LogP contribution in [0, 0.1) is 11.3 Å². The zero-order chi connectivity index (χ0) is 18.2. The third kappa shape index (κ3) is 5.25. The lowest BCUT2D eigenvalue weighted by Gasteiger charge is -2.13. The molecule has 5 nitrogen and oxygen atoms in total. The van der Waals surface area contributed by atoms with Crippen molar-refractivity contribution in [2.45, 2.75) is 26.7 Å². The van der Waals surface area contributed by atoms with Gasteiger partial charge in [-0.05, 0) is 48.7 Å². The number of rotatable bonds is 7. The minimum absolute atomic E-state index is 0.0842. The molecule has 1 amide bonds. The maximum Gasteiger partial charge on any atom is 0.243 e. The quantitative estimate of drug-likeness (QED) is 0.796. The predicted octanol–water partition coefficient (Wildman–Crippen LogP) is 4.13. The maximum absolute atomic E-state index is 12.1. The third-order valence-electron chi connectivity index (χ3n) is 3.71. The van der Waals surface area contributed by atoms with E-state index in [1.54, 1.807) is 18.2 Å². The van der Waals surface area contributed by atoms with Crippen molar-refractivity contribution < 1.29 is 9.53 Å². The van der Waals surface area contributed by atoms with Gasteiger partial charge in [-0.3, -0.25) is 4.79 Å². The first kappa shape index (κ1) is 18.3. The van der Waals surface area contributed by atoms with E-state index in [4.69, 9.17) is 10.00 Å². The Bertz CT molecular complexity index is 762. The number of hydrogen-bond acceptors (Lipinski definition) is 4. The topological polar surface area (TPSA) is 74.1 Å². The molecule has 2 rings (SSSR count). The van der Waals surface area contributed by atoms with Crippen LogP contribution in [0.25, 0.3) is 0 Å². The lowest BCUT2D eigenvalue weighted by molar-refractivity contribution is -0.114. The van der Waals surface area contributed by atoms with Crippen molar-refractivity contribution in [3.8, 4) is 11.8 Å². The van der Waals surface area contributed by atoms with Gasteiger partial charge < -0.3 is 15.4 Å². The summed E-state index contributed by atoms with van der Waals surface area (Å²) in [6.45, 7) is 6.73. The van der Waals surface area contributed by atoms with Gasteiger partial charge in [0.15, 0.2) is 0 Å². The van der Waals surface area contributed by atoms with Gasteiger partial charge in [0.25, 0.3) is 0 Å². The summed E-state index contributed by atoms with van der Waals surface area (Å²) in [4.78, 5) is 12.1. The first-order chi connectivity index (χ1) is 12.0. The smallest absolute Gasteiger partial charge is 0.243 e. The number of carbonyl (C=O) groups is 1. The summed E-state index contributed by atoms with van der Waals surface area (Å²) in [6, 6.07) is 15.0. The molecule has 0 aliphatic carbocycles. The number of carbonyl (C=O) groups excluding carboxylic acids is 1. The highest BCUT2D eigenvalue weighted by Crippen LogP contribution is 2.25. The van der Waals surface area contributed by atoms with Gasteiger partial charge in [-0.2, -0.15) is 5.26 Å². The zero-order valence-corrected chi connectivity index (χ0v) is 14.8. The molecule has 0 saturated heterocycles. The molecule has 2 aromatic rings. The molecular weight excluding hydrogens is 314 g/mol. The van der Waals surface area contributed by atoms with Crippen molar-refractivity contribution in [1.29, 1.82) is 5.26 Å². The molecule has 0 aliphatic rings. The van der Waals surface area contributed by atoms with Crippen molar-refractivity contribution in [2.24, 2.45) is 0 Å². The van der Waals surface area contributed by atoms with Crippen LogP contribution >= 0.6 is 0 Å². The fourth-order valence-electron chi connectivity index (χ4n) is 2.35. The normalized spacial score (nSPS) is 10.2. The Labute approximate surface area is 148 Å². The Morgan fingerprint density at radius 1 is 1.20 bits per heavy atom. The van der Waals surface area contributed by atoms with E-state index < -0.39 is 0 Å². The highest BCUT2D eigenvalue weighted by atomic mass is 16.5. The van der Waals surface area contributed by atoms with Crippen LogP contribution in [-0.2, 0) is 4.79 Å².